The summed E-state index contributed by atoms with van der Waals surface area (Å²) in [6.07, 6.45) is 0. The number of nitrogens with one attached hydrogen (secondary N) is 2. The number of urea groups is 1. The van der Waals surface area contributed by atoms with Gasteiger partial charge in [0.05, 0.1) is 11.4 Å². The highest BCUT2D eigenvalue weighted by Crippen LogP contribution is 2.34. The van der Waals surface area contributed by atoms with Gasteiger partial charge in [-0.05, 0) is 57.6 Å². The van der Waals surface area contributed by atoms with Crippen molar-refractivity contribution < 1.29 is 30.0 Å². The molecule has 0 aromatic heterocycles. The minimum Gasteiger partial charge on any atom is -0.380 e. The van der Waals surface area contributed by atoms with Crippen LogP contribution in [0.2, 0.25) is 0 Å². The van der Waals surface area contributed by atoms with Gasteiger partial charge in [0.2, 0.25) is 0 Å². The summed E-state index contributed by atoms with van der Waals surface area (Å²) in [6, 6.07) is 46.3. The molecule has 0 aliphatic heterocycles. The van der Waals surface area contributed by atoms with Crippen LogP contribution in [0.4, 0.5) is 16.2 Å². The second-order valence-corrected chi connectivity index (χ2v) is 17.7. The van der Waals surface area contributed by atoms with Gasteiger partial charge < -0.3 is 19.0 Å². The van der Waals surface area contributed by atoms with E-state index in [1.54, 1.807) is 48.5 Å². The Labute approximate surface area is 329 Å². The van der Waals surface area contributed by atoms with Crippen LogP contribution in [-0.4, -0.2) is 22.9 Å². The van der Waals surface area contributed by atoms with Crippen LogP contribution in [0.25, 0.3) is 0 Å². The minimum atomic E-state index is -4.14. The maximum Gasteiger partial charge on any atom is 0.323 e. The van der Waals surface area contributed by atoms with Gasteiger partial charge in [-0.15, -0.1) is 0 Å². The first kappa shape index (κ1) is 39.8. The third kappa shape index (κ3) is 9.84. The number of hydrogen-bond acceptors (Lipinski definition) is 7. The van der Waals surface area contributed by atoms with Crippen LogP contribution >= 0.6 is 0 Å². The van der Waals surface area contributed by atoms with Crippen LogP contribution in [0.15, 0.2) is 158 Å². The molecule has 2 N–H and O–H groups in total. The molecular weight excluding hydrogens is 745 g/mol. The Hall–Kier alpha value is -5.91. The van der Waals surface area contributed by atoms with E-state index in [0.29, 0.717) is 11.1 Å². The van der Waals surface area contributed by atoms with Crippen molar-refractivity contribution in [3.05, 3.63) is 191 Å². The van der Waals surface area contributed by atoms with E-state index in [1.807, 2.05) is 60.7 Å². The number of carbonyl (C=O) groups is 1. The molecule has 2 amide bonds. The minimum absolute atomic E-state index is 0.0819. The standard InChI is InChI=1S/C45H44N2O7S2/c1-44(2,35-15-7-5-8-16-35)37-27-23-33(24-28-37)31-55(49,50)53-41-21-13-11-19-39(41)46-43(48)47-40-20-12-14-22-42(40)54-56(51,52)32-34-25-29-38(30-26-34)45(3,4)36-17-9-6-10-18-36/h5-30H,31-32H2,1-4H3,(H2,46,47,48). The quantitative estimate of drug-likeness (QED) is 0.105. The lowest BCUT2D eigenvalue weighted by Gasteiger charge is -2.26. The van der Waals surface area contributed by atoms with Gasteiger partial charge in [0.15, 0.2) is 11.5 Å². The number of anilines is 2. The molecule has 0 radical (unpaired) electrons. The second-order valence-electron chi connectivity index (χ2n) is 14.5. The topological polar surface area (TPSA) is 128 Å². The van der Waals surface area contributed by atoms with Crippen molar-refractivity contribution in [1.82, 2.24) is 0 Å². The zero-order valence-corrected chi connectivity index (χ0v) is 33.2. The normalized spacial score (nSPS) is 12.1. The molecule has 0 aliphatic carbocycles. The van der Waals surface area contributed by atoms with E-state index in [4.69, 9.17) is 8.37 Å². The Kier molecular flexibility index (Phi) is 11.7. The number of benzene rings is 6. The lowest BCUT2D eigenvalue weighted by Crippen LogP contribution is -2.22. The monoisotopic (exact) mass is 788 g/mol. The predicted molar refractivity (Wildman–Crippen MR) is 222 cm³/mol. The molecule has 6 aromatic rings. The molecule has 6 rings (SSSR count). The molecule has 288 valence electrons. The first-order chi connectivity index (χ1) is 26.6. The van der Waals surface area contributed by atoms with E-state index < -0.39 is 37.8 Å². The van der Waals surface area contributed by atoms with E-state index in [2.05, 4.69) is 62.6 Å². The second kappa shape index (κ2) is 16.4. The molecular formula is C45H44N2O7S2. The number of hydrogen-bond donors (Lipinski definition) is 2. The van der Waals surface area contributed by atoms with E-state index in [-0.39, 0.29) is 33.7 Å². The fraction of sp³-hybridized carbons (Fsp3) is 0.178. The summed E-state index contributed by atoms with van der Waals surface area (Å²) in [5.41, 5.74) is 5.01. The molecule has 0 atom stereocenters. The lowest BCUT2D eigenvalue weighted by atomic mass is 9.78. The number of rotatable bonds is 14. The van der Waals surface area contributed by atoms with Gasteiger partial charge in [-0.25, -0.2) is 4.79 Å². The van der Waals surface area contributed by atoms with Crippen LogP contribution in [0, 0.1) is 0 Å². The number of para-hydroxylation sites is 4. The summed E-state index contributed by atoms with van der Waals surface area (Å²) < 4.78 is 63.8. The Morgan fingerprint density at radius 1 is 0.446 bits per heavy atom. The first-order valence-corrected chi connectivity index (χ1v) is 21.2. The lowest BCUT2D eigenvalue weighted by molar-refractivity contribution is 0.262. The van der Waals surface area contributed by atoms with Crippen LogP contribution in [-0.2, 0) is 42.6 Å². The maximum absolute atomic E-state index is 13.2. The van der Waals surface area contributed by atoms with E-state index >= 15 is 0 Å². The Balaban J connectivity index is 1.08. The molecule has 0 fully saturated rings. The maximum atomic E-state index is 13.2. The van der Waals surface area contributed by atoms with Crippen LogP contribution in [0.3, 0.4) is 0 Å². The molecule has 0 spiro atoms. The summed E-state index contributed by atoms with van der Waals surface area (Å²) >= 11 is 0. The smallest absolute Gasteiger partial charge is 0.323 e. The molecule has 0 unspecified atom stereocenters. The van der Waals surface area contributed by atoms with Crippen molar-refractivity contribution in [2.45, 2.75) is 50.0 Å². The van der Waals surface area contributed by atoms with Gasteiger partial charge in [-0.1, -0.05) is 161 Å². The molecule has 0 saturated heterocycles. The molecule has 6 aromatic carbocycles. The Morgan fingerprint density at radius 2 is 0.750 bits per heavy atom. The third-order valence-electron chi connectivity index (χ3n) is 9.73. The SMILES string of the molecule is CC(C)(c1ccccc1)c1ccc(CS(=O)(=O)Oc2ccccc2NC(=O)Nc2ccccc2OS(=O)(=O)Cc2ccc(C(C)(C)c3ccccc3)cc2)cc1. The molecule has 0 saturated carbocycles. The van der Waals surface area contributed by atoms with Crippen LogP contribution < -0.4 is 19.0 Å². The van der Waals surface area contributed by atoms with E-state index in [9.17, 15) is 21.6 Å². The highest BCUT2D eigenvalue weighted by molar-refractivity contribution is 7.86. The molecule has 0 bridgehead atoms. The molecule has 0 heterocycles. The fourth-order valence-corrected chi connectivity index (χ4v) is 8.54. The van der Waals surface area contributed by atoms with Gasteiger partial charge in [-0.3, -0.25) is 0 Å². The molecule has 56 heavy (non-hydrogen) atoms. The highest BCUT2D eigenvalue weighted by atomic mass is 32.2. The largest absolute Gasteiger partial charge is 0.380 e. The fourth-order valence-electron chi connectivity index (χ4n) is 6.38. The van der Waals surface area contributed by atoms with Gasteiger partial charge >= 0.3 is 26.3 Å². The zero-order valence-electron chi connectivity index (χ0n) is 31.6. The average molecular weight is 789 g/mol. The van der Waals surface area contributed by atoms with Crippen molar-refractivity contribution in [3.8, 4) is 11.5 Å². The molecule has 9 nitrogen and oxygen atoms in total. The highest BCUT2D eigenvalue weighted by Gasteiger charge is 2.25. The Morgan fingerprint density at radius 3 is 1.11 bits per heavy atom. The van der Waals surface area contributed by atoms with Crippen molar-refractivity contribution >= 4 is 37.6 Å². The van der Waals surface area contributed by atoms with Crippen molar-refractivity contribution in [2.24, 2.45) is 0 Å². The zero-order chi connectivity index (χ0) is 40.0. The van der Waals surface area contributed by atoms with Crippen molar-refractivity contribution in [1.29, 1.82) is 0 Å². The number of amides is 2. The molecule has 0 aliphatic rings. The van der Waals surface area contributed by atoms with E-state index in [0.717, 1.165) is 22.3 Å². The summed E-state index contributed by atoms with van der Waals surface area (Å²) in [4.78, 5) is 13.2. The van der Waals surface area contributed by atoms with Crippen LogP contribution in [0.5, 0.6) is 11.5 Å². The van der Waals surface area contributed by atoms with Crippen molar-refractivity contribution in [3.63, 3.8) is 0 Å². The first-order valence-electron chi connectivity index (χ1n) is 18.0. The van der Waals surface area contributed by atoms with E-state index in [1.165, 1.54) is 24.3 Å². The third-order valence-corrected chi connectivity index (χ3v) is 12.0. The van der Waals surface area contributed by atoms with Gasteiger partial charge in [0.1, 0.15) is 11.5 Å². The number of carbonyl (C=O) groups excluding carboxylic acids is 1. The average Bonchev–Trinajstić information content (AvgIpc) is 3.17. The summed E-state index contributed by atoms with van der Waals surface area (Å²) in [5.74, 6) is -0.965. The van der Waals surface area contributed by atoms with Crippen LogP contribution in [0.1, 0.15) is 61.1 Å². The summed E-state index contributed by atoms with van der Waals surface area (Å²) in [5, 5.41) is 5.20. The summed E-state index contributed by atoms with van der Waals surface area (Å²) in [7, 11) is -8.28. The predicted octanol–water partition coefficient (Wildman–Crippen LogP) is 9.80. The van der Waals surface area contributed by atoms with Crippen molar-refractivity contribution in [2.75, 3.05) is 10.6 Å². The van der Waals surface area contributed by atoms with Gasteiger partial charge in [-0.2, -0.15) is 16.8 Å². The van der Waals surface area contributed by atoms with Gasteiger partial charge in [0, 0.05) is 10.8 Å². The molecule has 11 heteroatoms. The van der Waals surface area contributed by atoms with Gasteiger partial charge in [0.25, 0.3) is 0 Å². The summed E-state index contributed by atoms with van der Waals surface area (Å²) in [6.45, 7) is 8.44. The Bertz CT molecular complexity index is 2330.